The summed E-state index contributed by atoms with van der Waals surface area (Å²) in [5.74, 6) is 0. The minimum Gasteiger partial charge on any atom is -0.255 e. The van der Waals surface area contributed by atoms with Crippen LogP contribution in [-0.4, -0.2) is 24.3 Å². The Bertz CT molecular complexity index is 885. The third-order valence-corrected chi connectivity index (χ3v) is 6.23. The lowest BCUT2D eigenvalue weighted by Crippen LogP contribution is -2.31. The number of thiophene rings is 1. The van der Waals surface area contributed by atoms with Gasteiger partial charge in [0.05, 0.1) is 5.52 Å². The summed E-state index contributed by atoms with van der Waals surface area (Å²) in [4.78, 5) is 4.56. The summed E-state index contributed by atoms with van der Waals surface area (Å²) in [6, 6.07) is 10.9. The lowest BCUT2D eigenvalue weighted by Gasteiger charge is -2.21. The summed E-state index contributed by atoms with van der Waals surface area (Å²) in [5.41, 5.74) is 1.54. The normalized spacial score (nSPS) is 12.1. The van der Waals surface area contributed by atoms with Gasteiger partial charge >= 0.3 is 0 Å². The SMILES string of the molecule is CCCN(Cc1ccsc1)S(=O)(=O)c1cccc2cccnc12. The van der Waals surface area contributed by atoms with Crippen molar-refractivity contribution in [3.8, 4) is 0 Å². The molecule has 120 valence electrons. The van der Waals surface area contributed by atoms with Crippen molar-refractivity contribution < 1.29 is 8.42 Å². The highest BCUT2D eigenvalue weighted by Crippen LogP contribution is 2.25. The molecule has 0 unspecified atom stereocenters. The van der Waals surface area contributed by atoms with Crippen LogP contribution in [0.2, 0.25) is 0 Å². The molecular weight excluding hydrogens is 328 g/mol. The highest BCUT2D eigenvalue weighted by Gasteiger charge is 2.26. The van der Waals surface area contributed by atoms with Crippen LogP contribution in [0.1, 0.15) is 18.9 Å². The fraction of sp³-hybridized carbons (Fsp3) is 0.235. The Morgan fingerprint density at radius 1 is 1.17 bits per heavy atom. The molecule has 3 rings (SSSR count). The van der Waals surface area contributed by atoms with E-state index in [2.05, 4.69) is 4.98 Å². The molecule has 0 spiro atoms. The molecule has 0 fully saturated rings. The molecule has 0 aliphatic carbocycles. The molecule has 0 N–H and O–H groups in total. The predicted molar refractivity (Wildman–Crippen MR) is 93.9 cm³/mol. The number of benzene rings is 1. The molecule has 0 saturated carbocycles. The third-order valence-electron chi connectivity index (χ3n) is 3.63. The summed E-state index contributed by atoms with van der Waals surface area (Å²) in [6.45, 7) is 2.86. The number of sulfonamides is 1. The number of nitrogens with zero attached hydrogens (tertiary/aromatic N) is 2. The second-order valence-electron chi connectivity index (χ2n) is 5.30. The first-order valence-electron chi connectivity index (χ1n) is 7.48. The fourth-order valence-corrected chi connectivity index (χ4v) is 4.89. The van der Waals surface area contributed by atoms with Crippen LogP contribution in [0.15, 0.2) is 58.3 Å². The van der Waals surface area contributed by atoms with Gasteiger partial charge in [-0.05, 0) is 40.9 Å². The van der Waals surface area contributed by atoms with Crippen LogP contribution >= 0.6 is 11.3 Å². The van der Waals surface area contributed by atoms with Gasteiger partial charge < -0.3 is 0 Å². The number of rotatable bonds is 6. The summed E-state index contributed by atoms with van der Waals surface area (Å²) in [5, 5.41) is 4.78. The summed E-state index contributed by atoms with van der Waals surface area (Å²) < 4.78 is 27.8. The van der Waals surface area contributed by atoms with Crippen molar-refractivity contribution in [2.24, 2.45) is 0 Å². The molecule has 23 heavy (non-hydrogen) atoms. The lowest BCUT2D eigenvalue weighted by molar-refractivity contribution is 0.406. The largest absolute Gasteiger partial charge is 0.255 e. The molecule has 0 radical (unpaired) electrons. The quantitative estimate of drug-likeness (QED) is 0.680. The van der Waals surface area contributed by atoms with Crippen molar-refractivity contribution in [2.45, 2.75) is 24.8 Å². The first kappa shape index (κ1) is 16.1. The molecule has 1 aromatic carbocycles. The maximum absolute atomic E-state index is 13.2. The highest BCUT2D eigenvalue weighted by molar-refractivity contribution is 7.89. The minimum absolute atomic E-state index is 0.277. The number of hydrogen-bond donors (Lipinski definition) is 0. The Morgan fingerprint density at radius 2 is 2.00 bits per heavy atom. The third kappa shape index (κ3) is 3.29. The van der Waals surface area contributed by atoms with E-state index in [0.717, 1.165) is 17.4 Å². The van der Waals surface area contributed by atoms with E-state index < -0.39 is 10.0 Å². The van der Waals surface area contributed by atoms with Gasteiger partial charge in [0.25, 0.3) is 0 Å². The van der Waals surface area contributed by atoms with Crippen molar-refractivity contribution in [1.82, 2.24) is 9.29 Å². The highest BCUT2D eigenvalue weighted by atomic mass is 32.2. The fourth-order valence-electron chi connectivity index (χ4n) is 2.54. The van der Waals surface area contributed by atoms with Crippen LogP contribution in [0.4, 0.5) is 0 Å². The van der Waals surface area contributed by atoms with E-state index in [-0.39, 0.29) is 4.90 Å². The molecule has 0 aliphatic rings. The van der Waals surface area contributed by atoms with Crippen LogP contribution in [-0.2, 0) is 16.6 Å². The van der Waals surface area contributed by atoms with Gasteiger partial charge in [0.1, 0.15) is 4.90 Å². The van der Waals surface area contributed by atoms with Crippen LogP contribution in [0.5, 0.6) is 0 Å². The average molecular weight is 346 g/mol. The van der Waals surface area contributed by atoms with Gasteiger partial charge in [-0.3, -0.25) is 4.98 Å². The zero-order valence-electron chi connectivity index (χ0n) is 12.8. The number of para-hydroxylation sites is 1. The maximum Gasteiger partial charge on any atom is 0.245 e. The molecule has 0 saturated heterocycles. The van der Waals surface area contributed by atoms with Gasteiger partial charge in [0.15, 0.2) is 0 Å². The molecule has 3 aromatic rings. The summed E-state index contributed by atoms with van der Waals surface area (Å²) >= 11 is 1.57. The molecular formula is C17H18N2O2S2. The van der Waals surface area contributed by atoms with Crippen molar-refractivity contribution >= 4 is 32.3 Å². The predicted octanol–water partition coefficient (Wildman–Crippen LogP) is 3.90. The van der Waals surface area contributed by atoms with Crippen molar-refractivity contribution in [3.05, 3.63) is 58.9 Å². The second kappa shape index (κ2) is 6.78. The Labute approximate surface area is 140 Å². The lowest BCUT2D eigenvalue weighted by atomic mass is 10.2. The monoisotopic (exact) mass is 346 g/mol. The molecule has 2 aromatic heterocycles. The van der Waals surface area contributed by atoms with Crippen molar-refractivity contribution in [3.63, 3.8) is 0 Å². The average Bonchev–Trinajstić information content (AvgIpc) is 3.07. The van der Waals surface area contributed by atoms with Gasteiger partial charge in [0, 0.05) is 24.7 Å². The Kier molecular flexibility index (Phi) is 4.75. The summed E-state index contributed by atoms with van der Waals surface area (Å²) in [6.07, 6.45) is 2.39. The maximum atomic E-state index is 13.2. The molecule has 0 aliphatic heterocycles. The van der Waals surface area contributed by atoms with Crippen LogP contribution in [0, 0.1) is 0 Å². The number of pyridine rings is 1. The smallest absolute Gasteiger partial charge is 0.245 e. The van der Waals surface area contributed by atoms with Crippen LogP contribution in [0.3, 0.4) is 0 Å². The number of aromatic nitrogens is 1. The van der Waals surface area contributed by atoms with Gasteiger partial charge in [-0.1, -0.05) is 25.1 Å². The Morgan fingerprint density at radius 3 is 2.74 bits per heavy atom. The van der Waals surface area contributed by atoms with E-state index in [1.807, 2.05) is 41.9 Å². The molecule has 0 atom stereocenters. The minimum atomic E-state index is -3.59. The topological polar surface area (TPSA) is 50.3 Å². The van der Waals surface area contributed by atoms with Crippen LogP contribution < -0.4 is 0 Å². The molecule has 4 nitrogen and oxygen atoms in total. The molecule has 0 bridgehead atoms. The van der Waals surface area contributed by atoms with Crippen LogP contribution in [0.25, 0.3) is 10.9 Å². The Hall–Kier alpha value is -1.76. The van der Waals surface area contributed by atoms with Gasteiger partial charge in [-0.2, -0.15) is 15.6 Å². The van der Waals surface area contributed by atoms with E-state index in [1.54, 1.807) is 34.0 Å². The van der Waals surface area contributed by atoms with E-state index in [1.165, 1.54) is 0 Å². The molecule has 0 amide bonds. The van der Waals surface area contributed by atoms with Gasteiger partial charge in [0.2, 0.25) is 10.0 Å². The van der Waals surface area contributed by atoms with E-state index in [0.29, 0.717) is 18.6 Å². The van der Waals surface area contributed by atoms with E-state index in [4.69, 9.17) is 0 Å². The number of hydrogen-bond acceptors (Lipinski definition) is 4. The second-order valence-corrected chi connectivity index (χ2v) is 7.99. The molecule has 6 heteroatoms. The zero-order chi connectivity index (χ0) is 16.3. The molecule has 2 heterocycles. The van der Waals surface area contributed by atoms with Crippen molar-refractivity contribution in [1.29, 1.82) is 0 Å². The van der Waals surface area contributed by atoms with Gasteiger partial charge in [-0.25, -0.2) is 8.42 Å². The summed E-state index contributed by atoms with van der Waals surface area (Å²) in [7, 11) is -3.59. The Balaban J connectivity index is 2.06. The van der Waals surface area contributed by atoms with Crippen molar-refractivity contribution in [2.75, 3.05) is 6.54 Å². The first-order chi connectivity index (χ1) is 11.1. The first-order valence-corrected chi connectivity index (χ1v) is 9.86. The van der Waals surface area contributed by atoms with E-state index in [9.17, 15) is 8.42 Å². The number of fused-ring (bicyclic) bond motifs is 1. The standard InChI is InChI=1S/C17H18N2O2S2/c1-2-10-19(12-14-8-11-22-13-14)23(20,21)16-7-3-5-15-6-4-9-18-17(15)16/h3-9,11,13H,2,10,12H2,1H3. The van der Waals surface area contributed by atoms with E-state index >= 15 is 0 Å². The van der Waals surface area contributed by atoms with Gasteiger partial charge in [-0.15, -0.1) is 0 Å². The zero-order valence-corrected chi connectivity index (χ0v) is 14.5.